The van der Waals surface area contributed by atoms with Crippen LogP contribution in [0.1, 0.15) is 11.3 Å². The summed E-state index contributed by atoms with van der Waals surface area (Å²) in [7, 11) is 1.66. The summed E-state index contributed by atoms with van der Waals surface area (Å²) in [6.45, 7) is 0.582. The van der Waals surface area contributed by atoms with E-state index in [0.29, 0.717) is 6.54 Å². The third kappa shape index (κ3) is 4.06. The molecule has 0 amide bonds. The Morgan fingerprint density at radius 3 is 2.48 bits per heavy atom. The van der Waals surface area contributed by atoms with Crippen molar-refractivity contribution in [3.05, 3.63) is 84.3 Å². The van der Waals surface area contributed by atoms with Gasteiger partial charge in [-0.25, -0.2) is 0 Å². The maximum absolute atomic E-state index is 5.55. The number of benzene rings is 2. The number of hydrogen-bond donors (Lipinski definition) is 0. The number of hydrogen-bond acceptors (Lipinski definition) is 5. The summed E-state index contributed by atoms with van der Waals surface area (Å²) < 4.78 is 12.9. The molecular weight excluding hydrogens is 358 g/mol. The van der Waals surface area contributed by atoms with Crippen LogP contribution < -0.4 is 4.74 Å². The number of furan rings is 1. The first-order chi connectivity index (χ1) is 13.3. The number of methoxy groups -OCH3 is 1. The monoisotopic (exact) mass is 377 g/mol. The molecule has 0 atom stereocenters. The maximum atomic E-state index is 5.55. The Morgan fingerprint density at radius 2 is 1.78 bits per heavy atom. The van der Waals surface area contributed by atoms with Gasteiger partial charge in [-0.15, -0.1) is 10.2 Å². The summed E-state index contributed by atoms with van der Waals surface area (Å²) in [5.41, 5.74) is 2.24. The molecule has 4 rings (SSSR count). The van der Waals surface area contributed by atoms with Crippen LogP contribution in [0.2, 0.25) is 0 Å². The highest BCUT2D eigenvalue weighted by Gasteiger charge is 2.16. The Bertz CT molecular complexity index is 980. The normalized spacial score (nSPS) is 10.9. The summed E-state index contributed by atoms with van der Waals surface area (Å²) in [5, 5.41) is 9.74. The molecule has 2 heterocycles. The number of thioether (sulfide) groups is 1. The predicted molar refractivity (Wildman–Crippen MR) is 106 cm³/mol. The number of rotatable bonds is 7. The second kappa shape index (κ2) is 8.14. The highest BCUT2D eigenvalue weighted by molar-refractivity contribution is 7.98. The Morgan fingerprint density at radius 1 is 0.963 bits per heavy atom. The van der Waals surface area contributed by atoms with Crippen LogP contribution in [0.4, 0.5) is 0 Å². The third-order valence-corrected chi connectivity index (χ3v) is 5.21. The lowest BCUT2D eigenvalue weighted by molar-refractivity contribution is 0.415. The van der Waals surface area contributed by atoms with Gasteiger partial charge in [0, 0.05) is 11.3 Å². The average Bonchev–Trinajstić information content (AvgIpc) is 3.38. The molecule has 4 aromatic rings. The quantitative estimate of drug-likeness (QED) is 0.429. The molecule has 0 fully saturated rings. The van der Waals surface area contributed by atoms with Gasteiger partial charge in [0.15, 0.2) is 11.0 Å². The van der Waals surface area contributed by atoms with Crippen molar-refractivity contribution in [2.24, 2.45) is 0 Å². The van der Waals surface area contributed by atoms with Crippen molar-refractivity contribution in [2.75, 3.05) is 7.11 Å². The Labute approximate surface area is 162 Å². The summed E-state index contributed by atoms with van der Waals surface area (Å²) >= 11 is 1.67. The number of ether oxygens (including phenoxy) is 1. The van der Waals surface area contributed by atoms with Crippen LogP contribution in [-0.2, 0) is 12.3 Å². The van der Waals surface area contributed by atoms with E-state index in [-0.39, 0.29) is 0 Å². The van der Waals surface area contributed by atoms with Crippen molar-refractivity contribution in [3.8, 4) is 17.1 Å². The van der Waals surface area contributed by atoms with Crippen molar-refractivity contribution < 1.29 is 9.15 Å². The molecule has 0 unspecified atom stereocenters. The van der Waals surface area contributed by atoms with E-state index in [2.05, 4.69) is 26.9 Å². The lowest BCUT2D eigenvalue weighted by Gasteiger charge is -2.09. The summed E-state index contributed by atoms with van der Waals surface area (Å²) in [4.78, 5) is 0. The molecule has 0 saturated carbocycles. The fraction of sp³-hybridized carbons (Fsp3) is 0.143. The van der Waals surface area contributed by atoms with Gasteiger partial charge in [-0.1, -0.05) is 42.1 Å². The molecule has 0 aliphatic heterocycles. The number of aromatic nitrogens is 3. The van der Waals surface area contributed by atoms with Crippen LogP contribution in [-0.4, -0.2) is 21.9 Å². The van der Waals surface area contributed by atoms with Crippen LogP contribution in [0.5, 0.6) is 5.75 Å². The molecule has 0 aliphatic carbocycles. The van der Waals surface area contributed by atoms with Crippen LogP contribution >= 0.6 is 11.8 Å². The molecule has 6 heteroatoms. The summed E-state index contributed by atoms with van der Waals surface area (Å²) in [6, 6.07) is 22.0. The van der Waals surface area contributed by atoms with E-state index in [0.717, 1.165) is 33.8 Å². The number of nitrogens with zero attached hydrogens (tertiary/aromatic N) is 3. The largest absolute Gasteiger partial charge is 0.497 e. The van der Waals surface area contributed by atoms with Crippen molar-refractivity contribution in [1.29, 1.82) is 0 Å². The minimum atomic E-state index is 0.582. The first kappa shape index (κ1) is 17.4. The van der Waals surface area contributed by atoms with Gasteiger partial charge in [0.25, 0.3) is 0 Å². The highest BCUT2D eigenvalue weighted by Crippen LogP contribution is 2.28. The summed E-state index contributed by atoms with van der Waals surface area (Å²) in [5.74, 6) is 3.32. The smallest absolute Gasteiger partial charge is 0.192 e. The zero-order valence-corrected chi connectivity index (χ0v) is 15.7. The first-order valence-electron chi connectivity index (χ1n) is 8.60. The molecule has 136 valence electrons. The fourth-order valence-corrected chi connectivity index (χ4v) is 3.67. The Kier molecular flexibility index (Phi) is 5.25. The molecule has 0 spiro atoms. The third-order valence-electron chi connectivity index (χ3n) is 4.17. The molecule has 0 bridgehead atoms. The van der Waals surface area contributed by atoms with E-state index in [1.165, 1.54) is 5.56 Å². The van der Waals surface area contributed by atoms with Crippen molar-refractivity contribution >= 4 is 11.8 Å². The van der Waals surface area contributed by atoms with E-state index in [9.17, 15) is 0 Å². The summed E-state index contributed by atoms with van der Waals surface area (Å²) in [6.07, 6.45) is 1.68. The van der Waals surface area contributed by atoms with Crippen LogP contribution in [0.25, 0.3) is 11.4 Å². The van der Waals surface area contributed by atoms with Gasteiger partial charge in [-0.05, 0) is 42.0 Å². The van der Waals surface area contributed by atoms with E-state index in [1.807, 2.05) is 54.6 Å². The van der Waals surface area contributed by atoms with Crippen molar-refractivity contribution in [2.45, 2.75) is 17.5 Å². The van der Waals surface area contributed by atoms with Gasteiger partial charge < -0.3 is 9.15 Å². The van der Waals surface area contributed by atoms with Crippen molar-refractivity contribution in [1.82, 2.24) is 14.8 Å². The molecule has 0 aliphatic rings. The molecule has 0 saturated heterocycles. The van der Waals surface area contributed by atoms with E-state index in [4.69, 9.17) is 9.15 Å². The van der Waals surface area contributed by atoms with E-state index >= 15 is 0 Å². The van der Waals surface area contributed by atoms with Gasteiger partial charge in [-0.2, -0.15) is 0 Å². The van der Waals surface area contributed by atoms with Gasteiger partial charge in [0.1, 0.15) is 11.5 Å². The highest BCUT2D eigenvalue weighted by atomic mass is 32.2. The molecular formula is C21H19N3O2S. The standard InChI is InChI=1S/C21H19N3O2S/c1-25-18-11-9-17(10-12-18)20-22-23-21(24(20)14-19-8-5-13-26-19)27-15-16-6-3-2-4-7-16/h2-13H,14-15H2,1H3. The topological polar surface area (TPSA) is 53.1 Å². The van der Waals surface area contributed by atoms with Gasteiger partial charge >= 0.3 is 0 Å². The molecule has 2 aromatic heterocycles. The van der Waals surface area contributed by atoms with Crippen molar-refractivity contribution in [3.63, 3.8) is 0 Å². The maximum Gasteiger partial charge on any atom is 0.192 e. The van der Waals surface area contributed by atoms with Gasteiger partial charge in [0.2, 0.25) is 0 Å². The van der Waals surface area contributed by atoms with Gasteiger partial charge in [-0.3, -0.25) is 4.57 Å². The second-order valence-electron chi connectivity index (χ2n) is 5.97. The second-order valence-corrected chi connectivity index (χ2v) is 6.92. The molecule has 2 aromatic carbocycles. The first-order valence-corrected chi connectivity index (χ1v) is 9.59. The zero-order valence-electron chi connectivity index (χ0n) is 14.9. The molecule has 27 heavy (non-hydrogen) atoms. The Balaban J connectivity index is 1.64. The predicted octanol–water partition coefficient (Wildman–Crippen LogP) is 4.89. The lowest BCUT2D eigenvalue weighted by Crippen LogP contribution is -2.03. The zero-order chi connectivity index (χ0) is 18.5. The van der Waals surface area contributed by atoms with Gasteiger partial charge in [0.05, 0.1) is 19.9 Å². The van der Waals surface area contributed by atoms with Crippen LogP contribution in [0.15, 0.2) is 82.6 Å². The molecule has 5 nitrogen and oxygen atoms in total. The fourth-order valence-electron chi connectivity index (χ4n) is 2.77. The minimum Gasteiger partial charge on any atom is -0.497 e. The van der Waals surface area contributed by atoms with E-state index < -0.39 is 0 Å². The Hall–Kier alpha value is -2.99. The SMILES string of the molecule is COc1ccc(-c2nnc(SCc3ccccc3)n2Cc2ccco2)cc1. The molecule has 0 radical (unpaired) electrons. The average molecular weight is 377 g/mol. The minimum absolute atomic E-state index is 0.582. The van der Waals surface area contributed by atoms with E-state index in [1.54, 1.807) is 25.1 Å². The molecule has 0 N–H and O–H groups in total. The van der Waals surface area contributed by atoms with Crippen LogP contribution in [0, 0.1) is 0 Å². The van der Waals surface area contributed by atoms with Crippen LogP contribution in [0.3, 0.4) is 0 Å². The lowest BCUT2D eigenvalue weighted by atomic mass is 10.2.